The number of amides is 1. The lowest BCUT2D eigenvalue weighted by Gasteiger charge is -2.09. The average Bonchev–Trinajstić information content (AvgIpc) is 2.76. The molecule has 1 aromatic carbocycles. The number of nitro benzene ring substituents is 1. The zero-order valence-corrected chi connectivity index (χ0v) is 13.6. The zero-order valence-electron chi connectivity index (χ0n) is 13.6. The van der Waals surface area contributed by atoms with E-state index in [2.05, 4.69) is 5.32 Å². The smallest absolute Gasteiger partial charge is 0.271 e. The van der Waals surface area contributed by atoms with Gasteiger partial charge in [0, 0.05) is 25.8 Å². The van der Waals surface area contributed by atoms with Crippen LogP contribution >= 0.6 is 0 Å². The Morgan fingerprint density at radius 1 is 1.48 bits per heavy atom. The van der Waals surface area contributed by atoms with Gasteiger partial charge >= 0.3 is 0 Å². The molecule has 2 rings (SSSR count). The highest BCUT2D eigenvalue weighted by atomic mass is 19.1. The monoisotopic (exact) mass is 347 g/mol. The van der Waals surface area contributed by atoms with Crippen LogP contribution in [0.3, 0.4) is 0 Å². The van der Waals surface area contributed by atoms with Crippen molar-refractivity contribution in [2.45, 2.75) is 12.5 Å². The number of ether oxygens (including phenoxy) is 1. The van der Waals surface area contributed by atoms with E-state index in [0.29, 0.717) is 5.57 Å². The highest BCUT2D eigenvalue weighted by Gasteiger charge is 2.15. The van der Waals surface area contributed by atoms with Crippen molar-refractivity contribution in [2.24, 2.45) is 0 Å². The maximum atomic E-state index is 14.1. The third-order valence-electron chi connectivity index (χ3n) is 3.66. The first kappa shape index (κ1) is 18.3. The minimum atomic E-state index is -0.591. The number of nitrogens with two attached hydrogens (primary N) is 1. The lowest BCUT2D eigenvalue weighted by Crippen LogP contribution is -2.25. The molecule has 1 aliphatic carbocycles. The predicted octanol–water partition coefficient (Wildman–Crippen LogP) is 2.66. The zero-order chi connectivity index (χ0) is 18.4. The van der Waals surface area contributed by atoms with Crippen molar-refractivity contribution in [1.29, 1.82) is 0 Å². The molecule has 132 valence electrons. The van der Waals surface area contributed by atoms with E-state index in [0.717, 1.165) is 6.07 Å². The van der Waals surface area contributed by atoms with Crippen LogP contribution in [-0.4, -0.2) is 30.6 Å². The van der Waals surface area contributed by atoms with Crippen LogP contribution in [0.2, 0.25) is 0 Å². The van der Waals surface area contributed by atoms with E-state index in [-0.39, 0.29) is 29.9 Å². The second-order valence-electron chi connectivity index (χ2n) is 5.33. The maximum absolute atomic E-state index is 14.1. The van der Waals surface area contributed by atoms with Crippen LogP contribution in [0.15, 0.2) is 53.9 Å². The first-order valence-corrected chi connectivity index (χ1v) is 7.52. The summed E-state index contributed by atoms with van der Waals surface area (Å²) in [5.74, 6) is -0.878. The molecule has 7 nitrogen and oxygen atoms in total. The lowest BCUT2D eigenvalue weighted by molar-refractivity contribution is -0.384. The van der Waals surface area contributed by atoms with E-state index in [9.17, 15) is 19.3 Å². The van der Waals surface area contributed by atoms with Crippen LogP contribution in [0.4, 0.5) is 15.8 Å². The van der Waals surface area contributed by atoms with E-state index in [4.69, 9.17) is 10.5 Å². The standard InChI is InChI=1S/C17H18FN3O4/c1-25-13-4-2-3-11(15(18)10-13)7-8-20-17(22)14-6-5-12(21(23)24)9-16(14)19/h2-6,9-10,13H,7-8,19H2,1H3,(H,20,22). The van der Waals surface area contributed by atoms with E-state index in [1.165, 1.54) is 25.3 Å². The van der Waals surface area contributed by atoms with Gasteiger partial charge < -0.3 is 15.8 Å². The van der Waals surface area contributed by atoms with Gasteiger partial charge in [0.05, 0.1) is 22.3 Å². The number of hydrogen-bond donors (Lipinski definition) is 2. The van der Waals surface area contributed by atoms with Crippen molar-refractivity contribution in [2.75, 3.05) is 19.4 Å². The summed E-state index contributed by atoms with van der Waals surface area (Å²) < 4.78 is 19.1. The normalized spacial score (nSPS) is 16.6. The predicted molar refractivity (Wildman–Crippen MR) is 91.7 cm³/mol. The Morgan fingerprint density at radius 3 is 2.88 bits per heavy atom. The number of benzene rings is 1. The summed E-state index contributed by atoms with van der Waals surface area (Å²) in [6, 6.07) is 3.62. The fourth-order valence-electron chi connectivity index (χ4n) is 2.29. The SMILES string of the molecule is COC1C=CC=C(CCNC(=O)c2ccc([N+](=O)[O-])cc2N)C(F)=C1. The van der Waals surface area contributed by atoms with Gasteiger partial charge in [0.25, 0.3) is 11.6 Å². The minimum absolute atomic E-state index is 0.0114. The van der Waals surface area contributed by atoms with E-state index < -0.39 is 22.8 Å². The van der Waals surface area contributed by atoms with Crippen molar-refractivity contribution in [3.05, 3.63) is 69.6 Å². The summed E-state index contributed by atoms with van der Waals surface area (Å²) in [6.07, 6.45) is 6.24. The van der Waals surface area contributed by atoms with Crippen LogP contribution in [0.5, 0.6) is 0 Å². The third-order valence-corrected chi connectivity index (χ3v) is 3.66. The van der Waals surface area contributed by atoms with Gasteiger partial charge in [-0.3, -0.25) is 14.9 Å². The third kappa shape index (κ3) is 4.74. The summed E-state index contributed by atoms with van der Waals surface area (Å²) in [5, 5.41) is 13.3. The molecule has 0 saturated heterocycles. The number of nitrogens with zero attached hydrogens (tertiary/aromatic N) is 1. The van der Waals surface area contributed by atoms with Crippen molar-refractivity contribution in [1.82, 2.24) is 5.32 Å². The molecule has 0 aromatic heterocycles. The van der Waals surface area contributed by atoms with E-state index in [1.54, 1.807) is 18.2 Å². The largest absolute Gasteiger partial charge is 0.398 e. The van der Waals surface area contributed by atoms with Gasteiger partial charge in [-0.1, -0.05) is 18.2 Å². The molecule has 1 atom stereocenters. The van der Waals surface area contributed by atoms with Gasteiger partial charge in [-0.15, -0.1) is 0 Å². The van der Waals surface area contributed by atoms with Crippen LogP contribution in [0, 0.1) is 10.1 Å². The van der Waals surface area contributed by atoms with Gasteiger partial charge in [0.1, 0.15) is 5.83 Å². The van der Waals surface area contributed by atoms with Crippen LogP contribution in [-0.2, 0) is 4.74 Å². The number of anilines is 1. The number of carbonyl (C=O) groups is 1. The number of non-ortho nitro benzene ring substituents is 1. The first-order valence-electron chi connectivity index (χ1n) is 7.52. The summed E-state index contributed by atoms with van der Waals surface area (Å²) >= 11 is 0. The van der Waals surface area contributed by atoms with Gasteiger partial charge in [0.15, 0.2) is 0 Å². The molecular weight excluding hydrogens is 329 g/mol. The molecule has 25 heavy (non-hydrogen) atoms. The minimum Gasteiger partial charge on any atom is -0.398 e. The van der Waals surface area contributed by atoms with Gasteiger partial charge in [0.2, 0.25) is 0 Å². The lowest BCUT2D eigenvalue weighted by atomic mass is 10.1. The fourth-order valence-corrected chi connectivity index (χ4v) is 2.29. The average molecular weight is 347 g/mol. The van der Waals surface area contributed by atoms with Crippen LogP contribution < -0.4 is 11.1 Å². The molecule has 8 heteroatoms. The second kappa shape index (κ2) is 8.20. The fraction of sp³-hybridized carbons (Fsp3) is 0.235. The van der Waals surface area contributed by atoms with Crippen LogP contribution in [0.25, 0.3) is 0 Å². The molecule has 0 radical (unpaired) electrons. The number of carbonyl (C=O) groups excluding carboxylic acids is 1. The number of hydrogen-bond acceptors (Lipinski definition) is 5. The Labute approximate surface area is 143 Å². The topological polar surface area (TPSA) is 107 Å². The molecule has 0 aliphatic heterocycles. The molecule has 1 amide bonds. The Kier molecular flexibility index (Phi) is 6.02. The van der Waals surface area contributed by atoms with Crippen molar-refractivity contribution in [3.8, 4) is 0 Å². The van der Waals surface area contributed by atoms with E-state index in [1.807, 2.05) is 0 Å². The number of allylic oxidation sites excluding steroid dienone is 3. The molecule has 1 unspecified atom stereocenters. The van der Waals surface area contributed by atoms with Gasteiger partial charge in [-0.2, -0.15) is 0 Å². The number of nitro groups is 1. The first-order chi connectivity index (χ1) is 11.9. The van der Waals surface area contributed by atoms with Gasteiger partial charge in [-0.25, -0.2) is 4.39 Å². The van der Waals surface area contributed by atoms with Crippen LogP contribution in [0.1, 0.15) is 16.8 Å². The summed E-state index contributed by atoms with van der Waals surface area (Å²) in [7, 11) is 1.48. The highest BCUT2D eigenvalue weighted by molar-refractivity contribution is 5.99. The Morgan fingerprint density at radius 2 is 2.24 bits per heavy atom. The van der Waals surface area contributed by atoms with E-state index >= 15 is 0 Å². The molecule has 0 spiro atoms. The summed E-state index contributed by atoms with van der Waals surface area (Å²) in [4.78, 5) is 22.2. The summed E-state index contributed by atoms with van der Waals surface area (Å²) in [5.41, 5.74) is 6.07. The van der Waals surface area contributed by atoms with Gasteiger partial charge in [-0.05, 0) is 24.1 Å². The number of nitrogens with one attached hydrogen (secondary N) is 1. The highest BCUT2D eigenvalue weighted by Crippen LogP contribution is 2.21. The number of halogens is 1. The quantitative estimate of drug-likeness (QED) is 0.467. The number of rotatable bonds is 6. The number of methoxy groups -OCH3 is 1. The molecule has 3 N–H and O–H groups in total. The Hall–Kier alpha value is -3.00. The van der Waals surface area contributed by atoms with Crippen molar-refractivity contribution >= 4 is 17.3 Å². The second-order valence-corrected chi connectivity index (χ2v) is 5.33. The molecule has 0 heterocycles. The molecule has 0 fully saturated rings. The molecule has 0 saturated carbocycles. The molecule has 1 aliphatic rings. The molecule has 0 bridgehead atoms. The Bertz CT molecular complexity index is 771. The number of nitrogen functional groups attached to an aromatic ring is 1. The Balaban J connectivity index is 1.96. The van der Waals surface area contributed by atoms with Crippen molar-refractivity contribution < 1.29 is 18.8 Å². The van der Waals surface area contributed by atoms with Crippen molar-refractivity contribution in [3.63, 3.8) is 0 Å². The maximum Gasteiger partial charge on any atom is 0.271 e. The molecule has 1 aromatic rings. The molecular formula is C17H18FN3O4. The summed E-state index contributed by atoms with van der Waals surface area (Å²) in [6.45, 7) is 0.188.